The molecular formula is C7H12F2N2O. The molecule has 1 aliphatic heterocycles. The van der Waals surface area contributed by atoms with Gasteiger partial charge in [0.1, 0.15) is 0 Å². The van der Waals surface area contributed by atoms with Gasteiger partial charge in [0, 0.05) is 19.5 Å². The van der Waals surface area contributed by atoms with Crippen molar-refractivity contribution in [2.45, 2.75) is 25.7 Å². The summed E-state index contributed by atoms with van der Waals surface area (Å²) in [6, 6.07) is 0. The van der Waals surface area contributed by atoms with Gasteiger partial charge in [0.05, 0.1) is 0 Å². The molecular weight excluding hydrogens is 166 g/mol. The second kappa shape index (κ2) is 3.35. The van der Waals surface area contributed by atoms with Gasteiger partial charge < -0.3 is 0 Å². The van der Waals surface area contributed by atoms with Crippen molar-refractivity contribution in [3.05, 3.63) is 0 Å². The van der Waals surface area contributed by atoms with Crippen molar-refractivity contribution in [2.24, 2.45) is 0 Å². The van der Waals surface area contributed by atoms with Crippen molar-refractivity contribution < 1.29 is 13.6 Å². The minimum atomic E-state index is -3.21. The Bertz CT molecular complexity index is 178. The molecule has 5 heteroatoms. The summed E-state index contributed by atoms with van der Waals surface area (Å²) in [6.07, 6.45) is 0.301. The quantitative estimate of drug-likeness (QED) is 0.677. The first-order valence-corrected chi connectivity index (χ1v) is 4.01. The van der Waals surface area contributed by atoms with Gasteiger partial charge in [-0.15, -0.1) is 0 Å². The zero-order chi connectivity index (χ0) is 9.19. The Hall–Kier alpha value is -0.710. The molecule has 1 saturated heterocycles. The molecule has 0 aromatic rings. The summed E-state index contributed by atoms with van der Waals surface area (Å²) in [4.78, 5) is 11.0. The monoisotopic (exact) mass is 178 g/mol. The van der Waals surface area contributed by atoms with E-state index in [1.807, 2.05) is 0 Å². The van der Waals surface area contributed by atoms with Crippen LogP contribution in [0, 0.1) is 0 Å². The summed E-state index contributed by atoms with van der Waals surface area (Å²) in [5.74, 6) is -4.32. The average molecular weight is 178 g/mol. The lowest BCUT2D eigenvalue weighted by Crippen LogP contribution is -2.46. The number of carbonyl (C=O) groups excluding carboxylic acids is 1. The van der Waals surface area contributed by atoms with Crippen LogP contribution >= 0.6 is 0 Å². The lowest BCUT2D eigenvalue weighted by molar-refractivity contribution is -0.159. The predicted octanol–water partition coefficient (Wildman–Crippen LogP) is 0.769. The Morgan fingerprint density at radius 1 is 1.67 bits per heavy atom. The van der Waals surface area contributed by atoms with Gasteiger partial charge in [-0.2, -0.15) is 8.78 Å². The van der Waals surface area contributed by atoms with Crippen molar-refractivity contribution in [1.29, 1.82) is 0 Å². The molecule has 70 valence electrons. The van der Waals surface area contributed by atoms with E-state index >= 15 is 0 Å². The summed E-state index contributed by atoms with van der Waals surface area (Å²) < 4.78 is 25.5. The SMILES string of the molecule is CCC(F)(F)C(=O)N1CCCN1. The molecule has 0 bridgehead atoms. The Balaban J connectivity index is 2.56. The van der Waals surface area contributed by atoms with Crippen LogP contribution in [0.25, 0.3) is 0 Å². The third-order valence-electron chi connectivity index (χ3n) is 1.86. The first-order chi connectivity index (χ1) is 5.58. The van der Waals surface area contributed by atoms with E-state index in [4.69, 9.17) is 0 Å². The van der Waals surface area contributed by atoms with Crippen molar-refractivity contribution >= 4 is 5.91 Å². The van der Waals surface area contributed by atoms with Gasteiger partial charge in [-0.3, -0.25) is 9.80 Å². The van der Waals surface area contributed by atoms with Crippen LogP contribution in [-0.2, 0) is 4.79 Å². The molecule has 3 nitrogen and oxygen atoms in total. The van der Waals surface area contributed by atoms with Crippen LogP contribution in [0.1, 0.15) is 19.8 Å². The maximum atomic E-state index is 12.8. The normalized spacial score (nSPS) is 18.4. The molecule has 0 aliphatic carbocycles. The maximum Gasteiger partial charge on any atom is 0.325 e. The Morgan fingerprint density at radius 2 is 2.33 bits per heavy atom. The molecule has 0 aromatic heterocycles. The van der Waals surface area contributed by atoms with Crippen LogP contribution < -0.4 is 5.43 Å². The van der Waals surface area contributed by atoms with Crippen LogP contribution in [-0.4, -0.2) is 29.9 Å². The fourth-order valence-corrected chi connectivity index (χ4v) is 1.05. The number of hydrogen-bond acceptors (Lipinski definition) is 2. The Labute approximate surface area is 69.7 Å². The number of hydrazine groups is 1. The molecule has 1 rings (SSSR count). The summed E-state index contributed by atoms with van der Waals surface area (Å²) in [5, 5.41) is 1.00. The van der Waals surface area contributed by atoms with Crippen LogP contribution in [0.4, 0.5) is 8.78 Å². The van der Waals surface area contributed by atoms with Gasteiger partial charge in [0.15, 0.2) is 0 Å². The van der Waals surface area contributed by atoms with E-state index in [2.05, 4.69) is 5.43 Å². The minimum Gasteiger partial charge on any atom is -0.273 e. The standard InChI is InChI=1S/C7H12F2N2O/c1-2-7(8,9)6(12)11-5-3-4-10-11/h10H,2-5H2,1H3. The predicted molar refractivity (Wildman–Crippen MR) is 39.6 cm³/mol. The molecule has 12 heavy (non-hydrogen) atoms. The molecule has 1 N–H and O–H groups in total. The van der Waals surface area contributed by atoms with E-state index in [0.29, 0.717) is 13.1 Å². The highest BCUT2D eigenvalue weighted by molar-refractivity contribution is 5.83. The van der Waals surface area contributed by atoms with E-state index in [0.717, 1.165) is 11.4 Å². The Morgan fingerprint density at radius 3 is 2.75 bits per heavy atom. The van der Waals surface area contributed by atoms with Crippen LogP contribution in [0.2, 0.25) is 0 Å². The Kier molecular flexibility index (Phi) is 2.62. The lowest BCUT2D eigenvalue weighted by atomic mass is 10.2. The van der Waals surface area contributed by atoms with E-state index < -0.39 is 18.3 Å². The highest BCUT2D eigenvalue weighted by Crippen LogP contribution is 2.21. The maximum absolute atomic E-state index is 12.8. The molecule has 0 saturated carbocycles. The second-order valence-corrected chi connectivity index (χ2v) is 2.78. The first-order valence-electron chi connectivity index (χ1n) is 4.01. The lowest BCUT2D eigenvalue weighted by Gasteiger charge is -2.21. The van der Waals surface area contributed by atoms with Gasteiger partial charge in [-0.1, -0.05) is 6.92 Å². The largest absolute Gasteiger partial charge is 0.325 e. The summed E-state index contributed by atoms with van der Waals surface area (Å²) in [5.41, 5.74) is 2.60. The van der Waals surface area contributed by atoms with E-state index in [9.17, 15) is 13.6 Å². The van der Waals surface area contributed by atoms with Crippen molar-refractivity contribution in [3.8, 4) is 0 Å². The highest BCUT2D eigenvalue weighted by Gasteiger charge is 2.40. The van der Waals surface area contributed by atoms with Crippen molar-refractivity contribution in [3.63, 3.8) is 0 Å². The zero-order valence-corrected chi connectivity index (χ0v) is 6.94. The zero-order valence-electron chi connectivity index (χ0n) is 6.94. The molecule has 0 aromatic carbocycles. The summed E-state index contributed by atoms with van der Waals surface area (Å²) in [6.45, 7) is 2.29. The molecule has 0 atom stereocenters. The van der Waals surface area contributed by atoms with Gasteiger partial charge in [-0.25, -0.2) is 5.43 Å². The fraction of sp³-hybridized carbons (Fsp3) is 0.857. The molecule has 0 unspecified atom stereocenters. The molecule has 1 aliphatic rings. The third-order valence-corrected chi connectivity index (χ3v) is 1.86. The van der Waals surface area contributed by atoms with Crippen LogP contribution in [0.5, 0.6) is 0 Å². The second-order valence-electron chi connectivity index (χ2n) is 2.78. The van der Waals surface area contributed by atoms with Crippen molar-refractivity contribution in [1.82, 2.24) is 10.4 Å². The number of amides is 1. The van der Waals surface area contributed by atoms with Gasteiger partial charge >= 0.3 is 11.8 Å². The van der Waals surface area contributed by atoms with Gasteiger partial charge in [-0.05, 0) is 6.42 Å². The highest BCUT2D eigenvalue weighted by atomic mass is 19.3. The number of nitrogens with zero attached hydrogens (tertiary/aromatic N) is 1. The summed E-state index contributed by atoms with van der Waals surface area (Å²) >= 11 is 0. The topological polar surface area (TPSA) is 32.3 Å². The molecule has 1 fully saturated rings. The smallest absolute Gasteiger partial charge is 0.273 e. The first kappa shape index (κ1) is 9.38. The number of hydrogen-bond donors (Lipinski definition) is 1. The van der Waals surface area contributed by atoms with Gasteiger partial charge in [0.2, 0.25) is 0 Å². The third kappa shape index (κ3) is 1.72. The molecule has 0 spiro atoms. The number of rotatable bonds is 2. The van der Waals surface area contributed by atoms with E-state index in [1.165, 1.54) is 6.92 Å². The fourth-order valence-electron chi connectivity index (χ4n) is 1.05. The number of nitrogens with one attached hydrogen (secondary N) is 1. The van der Waals surface area contributed by atoms with E-state index in [1.54, 1.807) is 0 Å². The van der Waals surface area contributed by atoms with E-state index in [-0.39, 0.29) is 0 Å². The van der Waals surface area contributed by atoms with Gasteiger partial charge in [0.25, 0.3) is 0 Å². The number of halogens is 2. The number of carbonyl (C=O) groups is 1. The summed E-state index contributed by atoms with van der Waals surface area (Å²) in [7, 11) is 0. The number of alkyl halides is 2. The van der Waals surface area contributed by atoms with Crippen LogP contribution in [0.15, 0.2) is 0 Å². The minimum absolute atomic E-state index is 0.383. The molecule has 1 amide bonds. The molecule has 0 radical (unpaired) electrons. The van der Waals surface area contributed by atoms with Crippen molar-refractivity contribution in [2.75, 3.05) is 13.1 Å². The van der Waals surface area contributed by atoms with Crippen LogP contribution in [0.3, 0.4) is 0 Å². The average Bonchev–Trinajstić information content (AvgIpc) is 2.55. The molecule has 1 heterocycles.